The van der Waals surface area contributed by atoms with Crippen molar-refractivity contribution in [2.24, 2.45) is 23.2 Å². The van der Waals surface area contributed by atoms with Gasteiger partial charge in [-0.3, -0.25) is 0 Å². The Kier molecular flexibility index (Phi) is 3.87. The fourth-order valence-electron chi connectivity index (χ4n) is 4.30. The second-order valence-electron chi connectivity index (χ2n) is 7.82. The molecular weight excluding hydrogens is 206 g/mol. The van der Waals surface area contributed by atoms with Crippen molar-refractivity contribution in [1.29, 1.82) is 0 Å². The lowest BCUT2D eigenvalue weighted by Crippen LogP contribution is -2.45. The quantitative estimate of drug-likeness (QED) is 0.758. The first-order chi connectivity index (χ1) is 7.87. The van der Waals surface area contributed by atoms with Crippen molar-refractivity contribution < 1.29 is 0 Å². The van der Waals surface area contributed by atoms with Crippen LogP contribution >= 0.6 is 0 Å². The summed E-state index contributed by atoms with van der Waals surface area (Å²) < 4.78 is 0. The monoisotopic (exact) mass is 237 g/mol. The minimum Gasteiger partial charge on any atom is -0.311 e. The summed E-state index contributed by atoms with van der Waals surface area (Å²) in [6.07, 6.45) is 7.00. The van der Waals surface area contributed by atoms with Crippen LogP contribution in [0.1, 0.15) is 66.7 Å². The Morgan fingerprint density at radius 2 is 1.59 bits per heavy atom. The number of nitrogens with one attached hydrogen (secondary N) is 1. The van der Waals surface area contributed by atoms with Crippen molar-refractivity contribution in [3.8, 4) is 0 Å². The molecule has 2 rings (SSSR count). The highest BCUT2D eigenvalue weighted by Gasteiger charge is 2.38. The molecule has 1 nitrogen and oxygen atoms in total. The zero-order chi connectivity index (χ0) is 12.6. The number of hydrogen-bond donors (Lipinski definition) is 1. The summed E-state index contributed by atoms with van der Waals surface area (Å²) >= 11 is 0. The Labute approximate surface area is 108 Å². The predicted molar refractivity (Wildman–Crippen MR) is 75.1 cm³/mol. The molecule has 0 amide bonds. The molecule has 2 aliphatic carbocycles. The first-order valence-electron chi connectivity index (χ1n) is 7.63. The van der Waals surface area contributed by atoms with Gasteiger partial charge in [0.1, 0.15) is 0 Å². The predicted octanol–water partition coefficient (Wildman–Crippen LogP) is 4.23. The van der Waals surface area contributed by atoms with Gasteiger partial charge in [0.2, 0.25) is 0 Å². The molecule has 1 heteroatoms. The Bertz CT molecular complexity index is 258. The zero-order valence-corrected chi connectivity index (χ0v) is 12.4. The van der Waals surface area contributed by atoms with Crippen LogP contribution in [0, 0.1) is 23.2 Å². The molecule has 0 spiro atoms. The third-order valence-electron chi connectivity index (χ3n) is 5.19. The molecule has 0 saturated heterocycles. The van der Waals surface area contributed by atoms with Crippen LogP contribution in [-0.2, 0) is 0 Å². The molecule has 0 bridgehead atoms. The van der Waals surface area contributed by atoms with Crippen molar-refractivity contribution in [3.05, 3.63) is 0 Å². The van der Waals surface area contributed by atoms with Crippen LogP contribution in [0.25, 0.3) is 0 Å². The SMILES string of the molecule is CC1CCC(NC2CC(C)(C)CC2C)C(C)C1. The number of hydrogen-bond acceptors (Lipinski definition) is 1. The van der Waals surface area contributed by atoms with E-state index in [0.29, 0.717) is 5.41 Å². The molecule has 0 aromatic heterocycles. The van der Waals surface area contributed by atoms with Gasteiger partial charge in [-0.05, 0) is 55.3 Å². The van der Waals surface area contributed by atoms with Gasteiger partial charge in [-0.15, -0.1) is 0 Å². The topological polar surface area (TPSA) is 12.0 Å². The highest BCUT2D eigenvalue weighted by molar-refractivity contribution is 4.94. The molecule has 2 aliphatic rings. The lowest BCUT2D eigenvalue weighted by atomic mass is 9.79. The van der Waals surface area contributed by atoms with Gasteiger partial charge in [-0.2, -0.15) is 0 Å². The van der Waals surface area contributed by atoms with E-state index >= 15 is 0 Å². The van der Waals surface area contributed by atoms with Crippen molar-refractivity contribution in [3.63, 3.8) is 0 Å². The van der Waals surface area contributed by atoms with E-state index in [-0.39, 0.29) is 0 Å². The summed E-state index contributed by atoms with van der Waals surface area (Å²) in [5.41, 5.74) is 0.558. The lowest BCUT2D eigenvalue weighted by Gasteiger charge is -2.36. The molecule has 0 radical (unpaired) electrons. The Balaban J connectivity index is 1.89. The third kappa shape index (κ3) is 3.24. The van der Waals surface area contributed by atoms with Crippen molar-refractivity contribution in [1.82, 2.24) is 5.32 Å². The van der Waals surface area contributed by atoms with E-state index in [0.717, 1.165) is 29.8 Å². The van der Waals surface area contributed by atoms with Crippen LogP contribution in [-0.4, -0.2) is 12.1 Å². The molecule has 5 unspecified atom stereocenters. The first-order valence-corrected chi connectivity index (χ1v) is 7.63. The molecule has 0 aromatic carbocycles. The smallest absolute Gasteiger partial charge is 0.0101 e. The summed E-state index contributed by atoms with van der Waals surface area (Å²) in [5.74, 6) is 2.67. The summed E-state index contributed by atoms with van der Waals surface area (Å²) in [6, 6.07) is 1.55. The second kappa shape index (κ2) is 4.91. The van der Waals surface area contributed by atoms with Crippen LogP contribution in [0.2, 0.25) is 0 Å². The molecule has 1 N–H and O–H groups in total. The van der Waals surface area contributed by atoms with E-state index in [2.05, 4.69) is 39.9 Å². The van der Waals surface area contributed by atoms with Gasteiger partial charge in [0.25, 0.3) is 0 Å². The summed E-state index contributed by atoms with van der Waals surface area (Å²) in [4.78, 5) is 0. The number of rotatable bonds is 2. The van der Waals surface area contributed by atoms with Gasteiger partial charge in [0.15, 0.2) is 0 Å². The van der Waals surface area contributed by atoms with Gasteiger partial charge >= 0.3 is 0 Å². The second-order valence-corrected chi connectivity index (χ2v) is 7.82. The zero-order valence-electron chi connectivity index (χ0n) is 12.4. The molecule has 2 fully saturated rings. The lowest BCUT2D eigenvalue weighted by molar-refractivity contribution is 0.202. The van der Waals surface area contributed by atoms with Crippen LogP contribution in [0.15, 0.2) is 0 Å². The van der Waals surface area contributed by atoms with Gasteiger partial charge in [-0.1, -0.05) is 34.6 Å². The highest BCUT2D eigenvalue weighted by Crippen LogP contribution is 2.41. The maximum Gasteiger partial charge on any atom is 0.0101 e. The Morgan fingerprint density at radius 1 is 0.882 bits per heavy atom. The fourth-order valence-corrected chi connectivity index (χ4v) is 4.30. The van der Waals surface area contributed by atoms with E-state index in [4.69, 9.17) is 0 Å². The largest absolute Gasteiger partial charge is 0.311 e. The summed E-state index contributed by atoms with van der Waals surface area (Å²) in [7, 11) is 0. The molecule has 5 atom stereocenters. The molecule has 100 valence electrons. The summed E-state index contributed by atoms with van der Waals surface area (Å²) in [6.45, 7) is 12.1. The van der Waals surface area contributed by atoms with Crippen molar-refractivity contribution in [2.75, 3.05) is 0 Å². The van der Waals surface area contributed by atoms with Crippen molar-refractivity contribution >= 4 is 0 Å². The molecule has 17 heavy (non-hydrogen) atoms. The summed E-state index contributed by atoms with van der Waals surface area (Å²) in [5, 5.41) is 3.99. The Hall–Kier alpha value is -0.0400. The van der Waals surface area contributed by atoms with Crippen LogP contribution in [0.3, 0.4) is 0 Å². The van der Waals surface area contributed by atoms with Crippen LogP contribution in [0.5, 0.6) is 0 Å². The highest BCUT2D eigenvalue weighted by atomic mass is 15.0. The van der Waals surface area contributed by atoms with E-state index < -0.39 is 0 Å². The van der Waals surface area contributed by atoms with E-state index in [9.17, 15) is 0 Å². The van der Waals surface area contributed by atoms with Crippen molar-refractivity contribution in [2.45, 2.75) is 78.8 Å². The normalized spacial score (nSPS) is 46.1. The average Bonchev–Trinajstić information content (AvgIpc) is 2.44. The Morgan fingerprint density at radius 3 is 2.12 bits per heavy atom. The minimum absolute atomic E-state index is 0.558. The fraction of sp³-hybridized carbons (Fsp3) is 1.00. The minimum atomic E-state index is 0.558. The van der Waals surface area contributed by atoms with E-state index in [1.54, 1.807) is 0 Å². The van der Waals surface area contributed by atoms with Gasteiger partial charge in [-0.25, -0.2) is 0 Å². The average molecular weight is 237 g/mol. The van der Waals surface area contributed by atoms with Gasteiger partial charge < -0.3 is 5.32 Å². The van der Waals surface area contributed by atoms with Crippen LogP contribution in [0.4, 0.5) is 0 Å². The maximum atomic E-state index is 3.99. The molecular formula is C16H31N. The molecule has 0 heterocycles. The standard InChI is InChI=1S/C16H31N/c1-11-6-7-14(12(2)8-11)17-15-10-16(4,5)9-13(15)3/h11-15,17H,6-10H2,1-5H3. The maximum absolute atomic E-state index is 3.99. The van der Waals surface area contributed by atoms with Crippen LogP contribution < -0.4 is 5.32 Å². The third-order valence-corrected chi connectivity index (χ3v) is 5.19. The van der Waals surface area contributed by atoms with Gasteiger partial charge in [0.05, 0.1) is 0 Å². The van der Waals surface area contributed by atoms with Gasteiger partial charge in [0, 0.05) is 12.1 Å². The first kappa shape index (κ1) is 13.4. The molecule has 0 aromatic rings. The molecule has 0 aliphatic heterocycles. The van der Waals surface area contributed by atoms with E-state index in [1.807, 2.05) is 0 Å². The molecule has 2 saturated carbocycles. The van der Waals surface area contributed by atoms with E-state index in [1.165, 1.54) is 32.1 Å².